The first kappa shape index (κ1) is 25.7. The van der Waals surface area contributed by atoms with E-state index < -0.39 is 20.8 Å². The van der Waals surface area contributed by atoms with E-state index in [-0.39, 0.29) is 25.7 Å². The fourth-order valence-corrected chi connectivity index (χ4v) is 7.12. The molecule has 6 aromatic rings. The molecule has 3 aromatic heterocycles. The normalized spacial score (nSPS) is 13.3. The van der Waals surface area contributed by atoms with Crippen LogP contribution in [0.15, 0.2) is 85.2 Å². The number of hydrogen-bond donors (Lipinski definition) is 0. The molecule has 0 amide bonds. The molecule has 41 heavy (non-hydrogen) atoms. The van der Waals surface area contributed by atoms with Crippen LogP contribution in [0.25, 0.3) is 42.7 Å². The van der Waals surface area contributed by atoms with Gasteiger partial charge in [0.1, 0.15) is 0 Å². The van der Waals surface area contributed by atoms with Crippen molar-refractivity contribution < 1.29 is 25.6 Å². The summed E-state index contributed by atoms with van der Waals surface area (Å²) < 4.78 is 34.5. The maximum absolute atomic E-state index is 8.25. The molecule has 0 aliphatic carbocycles. The summed E-state index contributed by atoms with van der Waals surface area (Å²) in [5.41, 5.74) is 6.16. The van der Waals surface area contributed by atoms with Gasteiger partial charge in [-0.2, -0.15) is 11.3 Å². The Balaban J connectivity index is 0.000000231. The topological polar surface area (TPSA) is 25.8 Å². The van der Waals surface area contributed by atoms with Crippen LogP contribution in [0.3, 0.4) is 0 Å². The number of aromatic nitrogens is 2. The van der Waals surface area contributed by atoms with E-state index >= 15 is 0 Å². The van der Waals surface area contributed by atoms with E-state index in [0.29, 0.717) is 5.69 Å². The van der Waals surface area contributed by atoms with Gasteiger partial charge in [-0.1, -0.05) is 81.1 Å². The van der Waals surface area contributed by atoms with Gasteiger partial charge < -0.3 is 9.97 Å². The van der Waals surface area contributed by atoms with Crippen molar-refractivity contribution in [1.29, 1.82) is 0 Å². The molecular weight excluding hydrogens is 713 g/mol. The number of thiophene rings is 1. The number of nitrogens with zero attached hydrogens (tertiary/aromatic N) is 2. The van der Waals surface area contributed by atoms with E-state index in [9.17, 15) is 0 Å². The Bertz CT molecular complexity index is 1930. The molecule has 0 saturated heterocycles. The average molecular weight is 753 g/mol. The molecule has 3 heterocycles. The molecule has 5 heteroatoms. The summed E-state index contributed by atoms with van der Waals surface area (Å²) in [6, 6.07) is 30.2. The van der Waals surface area contributed by atoms with Crippen molar-refractivity contribution >= 4 is 44.8 Å². The summed E-state index contributed by atoms with van der Waals surface area (Å²) >= 11 is 1.69. The van der Waals surface area contributed by atoms with Crippen molar-refractivity contribution in [2.75, 3.05) is 0 Å². The van der Waals surface area contributed by atoms with Gasteiger partial charge in [0.05, 0.1) is 8.07 Å². The van der Waals surface area contributed by atoms with Crippen LogP contribution in [-0.2, 0) is 26.5 Å². The van der Waals surface area contributed by atoms with Crippen molar-refractivity contribution in [3.63, 3.8) is 0 Å². The standard InChI is InChI=1S/C22H20NS.C14H16NSi.Ir/c1-4-6-16-11-12-23-18(13-16)17-10-9-15(3)21-20-14(2)7-5-8-19(20)24-22(17)21;1-16(2,3)13-9-10-14(15-11-13)12-7-5-4-6-8-12;/h5,7-9,11-13H,4,6H2,1-3H3;4-7,9-11H,1-3H3;/q2*-1;/i4D2,6D2;;. The molecule has 0 atom stereocenters. The zero-order valence-corrected chi connectivity index (χ0v) is 28.4. The number of hydrogen-bond acceptors (Lipinski definition) is 3. The van der Waals surface area contributed by atoms with E-state index in [1.165, 1.54) is 33.1 Å². The van der Waals surface area contributed by atoms with E-state index in [4.69, 9.17) is 5.48 Å². The Morgan fingerprint density at radius 3 is 2.39 bits per heavy atom. The zero-order valence-electron chi connectivity index (χ0n) is 28.2. The van der Waals surface area contributed by atoms with E-state index in [0.717, 1.165) is 27.1 Å². The second-order valence-electron chi connectivity index (χ2n) is 10.9. The van der Waals surface area contributed by atoms with Gasteiger partial charge in [-0.15, -0.1) is 59.2 Å². The quantitative estimate of drug-likeness (QED) is 0.130. The van der Waals surface area contributed by atoms with Gasteiger partial charge in [0.2, 0.25) is 0 Å². The number of rotatable bonds is 5. The van der Waals surface area contributed by atoms with Gasteiger partial charge in [-0.3, -0.25) is 0 Å². The van der Waals surface area contributed by atoms with E-state index in [1.54, 1.807) is 29.7 Å². The first-order valence-electron chi connectivity index (χ1n) is 15.4. The summed E-state index contributed by atoms with van der Waals surface area (Å²) in [5.74, 6) is 0. The van der Waals surface area contributed by atoms with Crippen LogP contribution in [0.2, 0.25) is 19.6 Å². The molecule has 1 radical (unpaired) electrons. The number of aryl methyl sites for hydroxylation is 3. The van der Waals surface area contributed by atoms with Gasteiger partial charge in [-0.25, -0.2) is 0 Å². The first-order chi connectivity index (χ1) is 20.7. The Morgan fingerprint density at radius 1 is 0.878 bits per heavy atom. The van der Waals surface area contributed by atoms with Gasteiger partial charge in [0, 0.05) is 42.7 Å². The minimum absolute atomic E-state index is 0. The molecular formula is C36H36IrN2SSi-2. The molecule has 3 aromatic carbocycles. The van der Waals surface area contributed by atoms with Crippen LogP contribution in [-0.4, -0.2) is 18.0 Å². The van der Waals surface area contributed by atoms with Gasteiger partial charge in [0.15, 0.2) is 0 Å². The minimum Gasteiger partial charge on any atom is -0.305 e. The third-order valence-corrected chi connectivity index (χ3v) is 10.1. The van der Waals surface area contributed by atoms with Crippen molar-refractivity contribution in [2.24, 2.45) is 0 Å². The van der Waals surface area contributed by atoms with Crippen LogP contribution in [0.5, 0.6) is 0 Å². The SMILES string of the molecule is C[Si](C)(C)c1ccc(-c2[c-]cccc2)nc1.[2H]C([2H])(C)C([2H])([2H])c1ccnc(-c2[c-]cc(C)c3c2sc2cccc(C)c23)c1.[Ir]. The van der Waals surface area contributed by atoms with E-state index in [1.807, 2.05) is 36.5 Å². The molecule has 0 bridgehead atoms. The predicted octanol–water partition coefficient (Wildman–Crippen LogP) is 9.58. The van der Waals surface area contributed by atoms with Gasteiger partial charge >= 0.3 is 0 Å². The molecule has 6 rings (SSSR count). The van der Waals surface area contributed by atoms with Crippen molar-refractivity contribution in [2.45, 2.75) is 53.2 Å². The number of pyridine rings is 2. The molecule has 0 fully saturated rings. The van der Waals surface area contributed by atoms with Crippen LogP contribution in [0.4, 0.5) is 0 Å². The van der Waals surface area contributed by atoms with Crippen LogP contribution in [0, 0.1) is 26.0 Å². The molecule has 0 spiro atoms. The summed E-state index contributed by atoms with van der Waals surface area (Å²) in [7, 11) is -1.23. The van der Waals surface area contributed by atoms with Crippen molar-refractivity contribution in [1.82, 2.24) is 9.97 Å². The van der Waals surface area contributed by atoms with Crippen molar-refractivity contribution in [3.05, 3.63) is 114 Å². The van der Waals surface area contributed by atoms with Crippen molar-refractivity contribution in [3.8, 4) is 22.5 Å². The molecule has 0 saturated carbocycles. The maximum atomic E-state index is 8.25. The second-order valence-corrected chi connectivity index (χ2v) is 17.0. The minimum atomic E-state index is -2.12. The fraction of sp³-hybridized carbons (Fsp3) is 0.222. The fourth-order valence-electron chi connectivity index (χ4n) is 4.72. The van der Waals surface area contributed by atoms with Gasteiger partial charge in [-0.05, 0) is 57.7 Å². The van der Waals surface area contributed by atoms with Crippen LogP contribution in [0.1, 0.15) is 35.5 Å². The summed E-state index contributed by atoms with van der Waals surface area (Å²) in [6.45, 7) is 12.4. The van der Waals surface area contributed by atoms with Gasteiger partial charge in [0.25, 0.3) is 0 Å². The van der Waals surface area contributed by atoms with E-state index in [2.05, 4.69) is 85.9 Å². The third kappa shape index (κ3) is 6.93. The molecule has 211 valence electrons. The summed E-state index contributed by atoms with van der Waals surface area (Å²) in [4.78, 5) is 8.98. The predicted molar refractivity (Wildman–Crippen MR) is 176 cm³/mol. The zero-order chi connectivity index (χ0) is 31.9. The molecule has 0 N–H and O–H groups in total. The summed E-state index contributed by atoms with van der Waals surface area (Å²) in [5, 5.41) is 3.83. The smallest absolute Gasteiger partial charge is 0.0795 e. The first-order valence-corrected chi connectivity index (χ1v) is 17.7. The Kier molecular flexibility index (Phi) is 8.38. The molecule has 2 nitrogen and oxygen atoms in total. The monoisotopic (exact) mass is 753 g/mol. The Labute approximate surface area is 268 Å². The molecule has 0 aliphatic heterocycles. The van der Waals surface area contributed by atoms with Crippen LogP contribution < -0.4 is 5.19 Å². The van der Waals surface area contributed by atoms with Crippen LogP contribution >= 0.6 is 11.3 Å². The largest absolute Gasteiger partial charge is 0.305 e. The second kappa shape index (κ2) is 13.4. The average Bonchev–Trinajstić information content (AvgIpc) is 3.39. The molecule has 0 unspecified atom stereocenters. The molecule has 0 aliphatic rings. The summed E-state index contributed by atoms with van der Waals surface area (Å²) in [6.07, 6.45) is -0.563. The Morgan fingerprint density at radius 2 is 1.71 bits per heavy atom. The number of fused-ring (bicyclic) bond motifs is 3. The third-order valence-electron chi connectivity index (χ3n) is 6.88. The maximum Gasteiger partial charge on any atom is 0.0795 e. The number of benzene rings is 3. The Hall–Kier alpha value is -2.95.